The minimum absolute atomic E-state index is 0.00685. The molecule has 0 fully saturated rings. The zero-order valence-corrected chi connectivity index (χ0v) is 7.21. The lowest BCUT2D eigenvalue weighted by Crippen LogP contribution is -2.35. The van der Waals surface area contributed by atoms with Crippen molar-refractivity contribution in [3.8, 4) is 0 Å². The lowest BCUT2D eigenvalue weighted by Gasteiger charge is -2.01. The molecule has 0 aliphatic rings. The third-order valence-corrected chi connectivity index (χ3v) is 1.72. The van der Waals surface area contributed by atoms with Crippen molar-refractivity contribution in [2.24, 2.45) is 7.05 Å². The minimum Gasteiger partial charge on any atom is -0.472 e. The van der Waals surface area contributed by atoms with Crippen molar-refractivity contribution in [1.82, 2.24) is 4.57 Å². The predicted octanol–water partition coefficient (Wildman–Crippen LogP) is -0.312. The van der Waals surface area contributed by atoms with E-state index in [1.165, 1.54) is 21.4 Å². The molecule has 0 amide bonds. The molecule has 0 aromatic carbocycles. The molecule has 1 rings (SSSR count). The van der Waals surface area contributed by atoms with E-state index in [1.54, 1.807) is 13.2 Å². The van der Waals surface area contributed by atoms with Crippen molar-refractivity contribution in [1.29, 1.82) is 0 Å². The highest BCUT2D eigenvalue weighted by Crippen LogP contribution is 2.05. The van der Waals surface area contributed by atoms with Crippen molar-refractivity contribution in [2.45, 2.75) is 6.23 Å². The predicted molar refractivity (Wildman–Crippen MR) is 44.0 cm³/mol. The molecule has 0 spiro atoms. The highest BCUT2D eigenvalue weighted by Gasteiger charge is 2.25. The highest BCUT2D eigenvalue weighted by molar-refractivity contribution is 5.81. The largest absolute Gasteiger partial charge is 0.472 e. The summed E-state index contributed by atoms with van der Waals surface area (Å²) >= 11 is 0. The van der Waals surface area contributed by atoms with Crippen LogP contribution in [0.15, 0.2) is 25.0 Å². The topological polar surface area (TPSA) is 66.3 Å². The van der Waals surface area contributed by atoms with Crippen LogP contribution in [0.2, 0.25) is 0 Å². The molecule has 0 bridgehead atoms. The molecule has 1 heterocycles. The van der Waals surface area contributed by atoms with Crippen LogP contribution in [0.3, 0.4) is 0 Å². The molecule has 70 valence electrons. The molecule has 0 radical (unpaired) electrons. The van der Waals surface area contributed by atoms with Gasteiger partial charge in [0.2, 0.25) is 6.23 Å². The molecule has 1 aromatic rings. The number of rotatable bonds is 3. The van der Waals surface area contributed by atoms with Crippen LogP contribution in [0.5, 0.6) is 0 Å². The summed E-state index contributed by atoms with van der Waals surface area (Å²) in [4.78, 5) is 10.7. The molecule has 1 unspecified atom stereocenters. The number of aromatic nitrogens is 2. The highest BCUT2D eigenvalue weighted by atomic mass is 16.4. The van der Waals surface area contributed by atoms with Gasteiger partial charge in [0, 0.05) is 0 Å². The molecule has 0 saturated heterocycles. The lowest BCUT2D eigenvalue weighted by atomic mass is 10.5. The van der Waals surface area contributed by atoms with Crippen LogP contribution in [-0.4, -0.2) is 20.7 Å². The summed E-state index contributed by atoms with van der Waals surface area (Å²) in [7, 11) is 1.59. The van der Waals surface area contributed by atoms with Crippen molar-refractivity contribution in [2.75, 3.05) is 0 Å². The van der Waals surface area contributed by atoms with Crippen LogP contribution >= 0.6 is 0 Å². The first-order valence-electron chi connectivity index (χ1n) is 3.68. The van der Waals surface area contributed by atoms with Crippen LogP contribution in [0.1, 0.15) is 16.8 Å². The maximum Gasteiger partial charge on any atom is 0.419 e. The van der Waals surface area contributed by atoms with Gasteiger partial charge in [0.05, 0.1) is 7.05 Å². The van der Waals surface area contributed by atoms with Gasteiger partial charge in [-0.15, -0.1) is 0 Å². The number of aliphatic hydroxyl groups is 1. The summed E-state index contributed by atoms with van der Waals surface area (Å²) < 4.78 is 2.63. The Bertz CT molecular complexity index is 343. The van der Waals surface area contributed by atoms with Crippen molar-refractivity contribution < 1.29 is 19.6 Å². The Kier molecular flexibility index (Phi) is 2.48. The number of hydrogen-bond donors (Lipinski definition) is 2. The number of carboxylic acid groups (broad SMARTS) is 1. The fourth-order valence-corrected chi connectivity index (χ4v) is 1.08. The first-order chi connectivity index (χ1) is 6.07. The van der Waals surface area contributed by atoms with E-state index in [9.17, 15) is 9.90 Å². The van der Waals surface area contributed by atoms with Crippen molar-refractivity contribution in [3.05, 3.63) is 30.9 Å². The number of carboxylic acids is 1. The van der Waals surface area contributed by atoms with Crippen LogP contribution in [0.4, 0.5) is 0 Å². The van der Waals surface area contributed by atoms with E-state index >= 15 is 0 Å². The second kappa shape index (κ2) is 3.40. The molecule has 1 atom stereocenters. The first kappa shape index (κ1) is 9.47. The molecule has 1 aromatic heterocycles. The Labute approximate surface area is 75.2 Å². The van der Waals surface area contributed by atoms with Crippen LogP contribution in [0.25, 0.3) is 0 Å². The number of aliphatic hydroxyl groups excluding tert-OH is 1. The van der Waals surface area contributed by atoms with E-state index in [2.05, 4.69) is 6.58 Å². The normalized spacial score (nSPS) is 12.5. The second-order valence-corrected chi connectivity index (χ2v) is 2.59. The van der Waals surface area contributed by atoms with Gasteiger partial charge in [-0.05, 0) is 6.08 Å². The van der Waals surface area contributed by atoms with Crippen LogP contribution in [0, 0.1) is 0 Å². The van der Waals surface area contributed by atoms with Crippen molar-refractivity contribution >= 4 is 5.97 Å². The van der Waals surface area contributed by atoms with Gasteiger partial charge in [0.25, 0.3) is 0 Å². The smallest absolute Gasteiger partial charge is 0.419 e. The fourth-order valence-electron chi connectivity index (χ4n) is 1.08. The number of imidazole rings is 1. The number of nitrogens with zero attached hydrogens (tertiary/aromatic N) is 2. The number of aromatic carboxylic acids is 1. The average Bonchev–Trinajstić information content (AvgIpc) is 2.45. The number of aryl methyl sites for hydroxylation is 1. The maximum atomic E-state index is 10.7. The van der Waals surface area contributed by atoms with E-state index in [0.717, 1.165) is 0 Å². The first-order valence-corrected chi connectivity index (χ1v) is 3.68. The zero-order chi connectivity index (χ0) is 10.0. The van der Waals surface area contributed by atoms with Gasteiger partial charge in [0.15, 0.2) is 0 Å². The summed E-state index contributed by atoms with van der Waals surface area (Å²) in [6.07, 6.45) is 3.28. The van der Waals surface area contributed by atoms with Crippen LogP contribution in [-0.2, 0) is 7.05 Å². The molecule has 0 saturated carbocycles. The van der Waals surface area contributed by atoms with Gasteiger partial charge in [0.1, 0.15) is 12.4 Å². The van der Waals surface area contributed by atoms with Gasteiger partial charge in [-0.2, -0.15) is 4.57 Å². The Balaban J connectivity index is 3.22. The van der Waals surface area contributed by atoms with Gasteiger partial charge in [-0.25, -0.2) is 9.36 Å². The lowest BCUT2D eigenvalue weighted by molar-refractivity contribution is -0.673. The van der Waals surface area contributed by atoms with Gasteiger partial charge < -0.3 is 10.2 Å². The average molecular weight is 183 g/mol. The third-order valence-electron chi connectivity index (χ3n) is 1.72. The Hall–Kier alpha value is -1.62. The van der Waals surface area contributed by atoms with Gasteiger partial charge in [-0.1, -0.05) is 6.58 Å². The van der Waals surface area contributed by atoms with E-state index in [-0.39, 0.29) is 5.82 Å². The molecule has 0 aliphatic carbocycles. The van der Waals surface area contributed by atoms with Crippen molar-refractivity contribution in [3.63, 3.8) is 0 Å². The monoisotopic (exact) mass is 183 g/mol. The molecular formula is C8H11N2O3+. The summed E-state index contributed by atoms with van der Waals surface area (Å²) in [6.45, 7) is 3.37. The summed E-state index contributed by atoms with van der Waals surface area (Å²) in [5.74, 6) is -1.08. The second-order valence-electron chi connectivity index (χ2n) is 2.59. The molecule has 5 nitrogen and oxygen atoms in total. The third kappa shape index (κ3) is 1.59. The Morgan fingerprint density at radius 3 is 2.92 bits per heavy atom. The zero-order valence-electron chi connectivity index (χ0n) is 7.21. The minimum atomic E-state index is -1.09. The summed E-state index contributed by atoms with van der Waals surface area (Å²) in [5, 5.41) is 18.1. The molecule has 5 heteroatoms. The number of hydrogen-bond acceptors (Lipinski definition) is 2. The quantitative estimate of drug-likeness (QED) is 0.499. The van der Waals surface area contributed by atoms with Gasteiger partial charge >= 0.3 is 11.8 Å². The summed E-state index contributed by atoms with van der Waals surface area (Å²) in [5.41, 5.74) is 0. The fraction of sp³-hybridized carbons (Fsp3) is 0.250. The maximum absolute atomic E-state index is 10.7. The summed E-state index contributed by atoms with van der Waals surface area (Å²) in [6, 6.07) is 0. The Morgan fingerprint density at radius 2 is 2.46 bits per heavy atom. The number of carbonyl (C=O) groups is 1. The van der Waals surface area contributed by atoms with E-state index in [0.29, 0.717) is 0 Å². The SMILES string of the molecule is C=CC(O)n1cc[n+](C)c1C(=O)O. The molecular weight excluding hydrogens is 172 g/mol. The van der Waals surface area contributed by atoms with Gasteiger partial charge in [-0.3, -0.25) is 0 Å². The standard InChI is InChI=1S/C8H10N2O3/c1-3-6(11)10-5-4-9(2)7(10)8(12)13/h3-6,11H,1H2,2H3/p+1. The Morgan fingerprint density at radius 1 is 1.85 bits per heavy atom. The molecule has 2 N–H and O–H groups in total. The molecule has 0 aliphatic heterocycles. The van der Waals surface area contributed by atoms with E-state index < -0.39 is 12.2 Å². The van der Waals surface area contributed by atoms with Crippen LogP contribution < -0.4 is 4.57 Å². The van der Waals surface area contributed by atoms with E-state index in [1.807, 2.05) is 0 Å². The van der Waals surface area contributed by atoms with E-state index in [4.69, 9.17) is 5.11 Å². The molecule has 13 heavy (non-hydrogen) atoms.